The van der Waals surface area contributed by atoms with Gasteiger partial charge in [0.25, 0.3) is 0 Å². The second-order valence-corrected chi connectivity index (χ2v) is 4.57. The molecule has 1 unspecified atom stereocenters. The molecule has 0 aliphatic heterocycles. The molecule has 1 amide bonds. The van der Waals surface area contributed by atoms with Crippen LogP contribution in [-0.4, -0.2) is 41.7 Å². The maximum absolute atomic E-state index is 11.6. The number of nitrogens with one attached hydrogen (secondary N) is 1. The Morgan fingerprint density at radius 1 is 1.61 bits per heavy atom. The van der Waals surface area contributed by atoms with E-state index in [2.05, 4.69) is 10.3 Å². The number of nitrogens with zero attached hydrogens (tertiary/aromatic N) is 1. The molecule has 6 nitrogen and oxygen atoms in total. The summed E-state index contributed by atoms with van der Waals surface area (Å²) < 4.78 is 4.71. The molecule has 1 aromatic rings. The average Bonchev–Trinajstić information content (AvgIpc) is 2.77. The van der Waals surface area contributed by atoms with Gasteiger partial charge in [-0.05, 0) is 6.42 Å². The largest absolute Gasteiger partial charge is 0.479 e. The Balaban J connectivity index is 2.39. The number of rotatable bonds is 7. The molecule has 0 aliphatic rings. The summed E-state index contributed by atoms with van der Waals surface area (Å²) in [4.78, 5) is 26.5. The molecule has 1 aromatic heterocycles. The lowest BCUT2D eigenvalue weighted by molar-refractivity contribution is -0.148. The molecule has 100 valence electrons. The number of aliphatic carboxylic acids is 1. The van der Waals surface area contributed by atoms with E-state index in [-0.39, 0.29) is 18.9 Å². The van der Waals surface area contributed by atoms with Crippen LogP contribution in [0.2, 0.25) is 0 Å². The summed E-state index contributed by atoms with van der Waals surface area (Å²) in [7, 11) is 1.29. The minimum absolute atomic E-state index is 0.0462. The fraction of sp³-hybridized carbons (Fsp3) is 0.545. The number of aryl methyl sites for hydroxylation is 1. The Bertz CT molecular complexity index is 419. The van der Waals surface area contributed by atoms with E-state index in [0.717, 1.165) is 11.4 Å². The zero-order valence-electron chi connectivity index (χ0n) is 10.3. The molecule has 7 heteroatoms. The third kappa shape index (κ3) is 4.42. The highest BCUT2D eigenvalue weighted by atomic mass is 32.1. The summed E-state index contributed by atoms with van der Waals surface area (Å²) >= 11 is 1.52. The van der Waals surface area contributed by atoms with Gasteiger partial charge in [0, 0.05) is 12.5 Å². The van der Waals surface area contributed by atoms with E-state index in [1.165, 1.54) is 18.4 Å². The van der Waals surface area contributed by atoms with E-state index in [4.69, 9.17) is 9.84 Å². The highest BCUT2D eigenvalue weighted by Gasteiger charge is 2.17. The van der Waals surface area contributed by atoms with Crippen LogP contribution in [0, 0.1) is 0 Å². The predicted molar refractivity (Wildman–Crippen MR) is 66.6 cm³/mol. The Morgan fingerprint density at radius 3 is 2.83 bits per heavy atom. The van der Waals surface area contributed by atoms with Gasteiger partial charge in [0.1, 0.15) is 0 Å². The number of amides is 1. The van der Waals surface area contributed by atoms with E-state index in [0.29, 0.717) is 5.69 Å². The fourth-order valence-electron chi connectivity index (χ4n) is 1.30. The van der Waals surface area contributed by atoms with Crippen molar-refractivity contribution >= 4 is 23.2 Å². The molecule has 0 aromatic carbocycles. The first-order chi connectivity index (χ1) is 8.56. The highest BCUT2D eigenvalue weighted by Crippen LogP contribution is 2.10. The second kappa shape index (κ2) is 7.07. The van der Waals surface area contributed by atoms with Crippen LogP contribution in [0.3, 0.4) is 0 Å². The van der Waals surface area contributed by atoms with Gasteiger partial charge in [-0.25, -0.2) is 9.78 Å². The Kier molecular flexibility index (Phi) is 5.73. The van der Waals surface area contributed by atoms with Gasteiger partial charge < -0.3 is 15.2 Å². The van der Waals surface area contributed by atoms with Crippen molar-refractivity contribution in [2.75, 3.05) is 13.7 Å². The van der Waals surface area contributed by atoms with Crippen LogP contribution in [0.1, 0.15) is 17.6 Å². The zero-order valence-corrected chi connectivity index (χ0v) is 11.1. The molecule has 18 heavy (non-hydrogen) atoms. The maximum Gasteiger partial charge on any atom is 0.334 e. The van der Waals surface area contributed by atoms with Crippen LogP contribution in [0.4, 0.5) is 0 Å². The Hall–Kier alpha value is -1.47. The summed E-state index contributed by atoms with van der Waals surface area (Å²) in [6.07, 6.45) is -0.0144. The minimum Gasteiger partial charge on any atom is -0.479 e. The molecule has 1 rings (SSSR count). The van der Waals surface area contributed by atoms with Crippen LogP contribution < -0.4 is 5.32 Å². The lowest BCUT2D eigenvalue weighted by Gasteiger charge is -2.10. The zero-order chi connectivity index (χ0) is 13.5. The molecule has 0 saturated heterocycles. The number of aromatic nitrogens is 1. The summed E-state index contributed by atoms with van der Waals surface area (Å²) in [6.45, 7) is 1.95. The molecular weight excluding hydrogens is 256 g/mol. The van der Waals surface area contributed by atoms with Gasteiger partial charge in [-0.15, -0.1) is 11.3 Å². The van der Waals surface area contributed by atoms with Crippen LogP contribution in [0.15, 0.2) is 5.38 Å². The van der Waals surface area contributed by atoms with Gasteiger partial charge in [-0.1, -0.05) is 6.92 Å². The molecule has 1 heterocycles. The lowest BCUT2D eigenvalue weighted by Crippen LogP contribution is -2.38. The summed E-state index contributed by atoms with van der Waals surface area (Å²) in [5, 5.41) is 14.1. The molecule has 0 spiro atoms. The molecule has 0 radical (unpaired) electrons. The van der Waals surface area contributed by atoms with Crippen molar-refractivity contribution in [3.63, 3.8) is 0 Å². The fourth-order valence-corrected chi connectivity index (χ4v) is 2.04. The Labute approximate surface area is 109 Å². The number of carbonyl (C=O) groups excluding carboxylic acids is 1. The van der Waals surface area contributed by atoms with Gasteiger partial charge in [0.2, 0.25) is 5.91 Å². The van der Waals surface area contributed by atoms with Crippen molar-refractivity contribution < 1.29 is 19.4 Å². The Morgan fingerprint density at radius 2 is 2.33 bits per heavy atom. The standard InChI is InChI=1S/C11H16N2O4S/c1-3-10-13-7(6-18-10)4-9(14)12-5-8(17-2)11(15)16/h6,8H,3-5H2,1-2H3,(H,12,14)(H,15,16). The second-order valence-electron chi connectivity index (χ2n) is 3.63. The SMILES string of the molecule is CCc1nc(CC(=O)NCC(OC)C(=O)O)cs1. The van der Waals surface area contributed by atoms with Crippen molar-refractivity contribution in [2.45, 2.75) is 25.9 Å². The number of carboxylic acids is 1. The average molecular weight is 272 g/mol. The summed E-state index contributed by atoms with van der Waals surface area (Å²) in [5.41, 5.74) is 0.707. The van der Waals surface area contributed by atoms with Gasteiger partial charge in [-0.3, -0.25) is 4.79 Å². The quantitative estimate of drug-likeness (QED) is 0.753. The highest BCUT2D eigenvalue weighted by molar-refractivity contribution is 7.09. The van der Waals surface area contributed by atoms with Gasteiger partial charge >= 0.3 is 5.97 Å². The number of thiazole rings is 1. The van der Waals surface area contributed by atoms with Crippen LogP contribution in [0.5, 0.6) is 0 Å². The van der Waals surface area contributed by atoms with Crippen LogP contribution >= 0.6 is 11.3 Å². The first kappa shape index (κ1) is 14.6. The molecule has 0 bridgehead atoms. The lowest BCUT2D eigenvalue weighted by atomic mass is 10.3. The number of hydrogen-bond acceptors (Lipinski definition) is 5. The first-order valence-electron chi connectivity index (χ1n) is 5.52. The smallest absolute Gasteiger partial charge is 0.334 e. The normalized spacial score (nSPS) is 12.1. The summed E-state index contributed by atoms with van der Waals surface area (Å²) in [6, 6.07) is 0. The van der Waals surface area contributed by atoms with Crippen molar-refractivity contribution in [3.05, 3.63) is 16.1 Å². The van der Waals surface area contributed by atoms with Crippen molar-refractivity contribution in [1.29, 1.82) is 0 Å². The van der Waals surface area contributed by atoms with E-state index in [1.54, 1.807) is 0 Å². The van der Waals surface area contributed by atoms with E-state index >= 15 is 0 Å². The summed E-state index contributed by atoms with van der Waals surface area (Å²) in [5.74, 6) is -1.36. The van der Waals surface area contributed by atoms with E-state index < -0.39 is 12.1 Å². The van der Waals surface area contributed by atoms with Gasteiger partial charge in [0.15, 0.2) is 6.10 Å². The molecule has 0 saturated carbocycles. The number of methoxy groups -OCH3 is 1. The minimum atomic E-state index is -1.10. The first-order valence-corrected chi connectivity index (χ1v) is 6.40. The third-order valence-corrected chi connectivity index (χ3v) is 3.33. The van der Waals surface area contributed by atoms with Gasteiger partial charge in [0.05, 0.1) is 23.7 Å². The van der Waals surface area contributed by atoms with Crippen LogP contribution in [-0.2, 0) is 27.2 Å². The number of ether oxygens (including phenoxy) is 1. The maximum atomic E-state index is 11.6. The van der Waals surface area contributed by atoms with E-state index in [1.807, 2.05) is 12.3 Å². The van der Waals surface area contributed by atoms with E-state index in [9.17, 15) is 9.59 Å². The molecule has 2 N–H and O–H groups in total. The van der Waals surface area contributed by atoms with Crippen molar-refractivity contribution in [1.82, 2.24) is 10.3 Å². The third-order valence-electron chi connectivity index (χ3n) is 2.29. The van der Waals surface area contributed by atoms with Crippen LogP contribution in [0.25, 0.3) is 0 Å². The number of carboxylic acid groups (broad SMARTS) is 1. The molecule has 0 aliphatic carbocycles. The topological polar surface area (TPSA) is 88.5 Å². The molecule has 1 atom stereocenters. The predicted octanol–water partition coefficient (Wildman–Crippen LogP) is 0.464. The molecular formula is C11H16N2O4S. The number of hydrogen-bond donors (Lipinski definition) is 2. The van der Waals surface area contributed by atoms with Crippen molar-refractivity contribution in [2.24, 2.45) is 0 Å². The monoisotopic (exact) mass is 272 g/mol. The number of carbonyl (C=O) groups is 2. The molecule has 0 fully saturated rings. The van der Waals surface area contributed by atoms with Gasteiger partial charge in [-0.2, -0.15) is 0 Å². The van der Waals surface area contributed by atoms with Crippen molar-refractivity contribution in [3.8, 4) is 0 Å².